The Morgan fingerprint density at radius 1 is 1.48 bits per heavy atom. The molecule has 1 atom stereocenters. The van der Waals surface area contributed by atoms with Gasteiger partial charge in [0.1, 0.15) is 0 Å². The van der Waals surface area contributed by atoms with Crippen molar-refractivity contribution in [3.8, 4) is 6.07 Å². The number of hydrogen-bond donors (Lipinski definition) is 1. The number of para-hydroxylation sites is 1. The summed E-state index contributed by atoms with van der Waals surface area (Å²) in [5, 5.41) is 11.5. The van der Waals surface area contributed by atoms with Gasteiger partial charge in [0.25, 0.3) is 0 Å². The Hall–Kier alpha value is -1.56. The summed E-state index contributed by atoms with van der Waals surface area (Å²) in [5.74, 6) is 0.428. The maximum atomic E-state index is 12.2. The van der Waals surface area contributed by atoms with Gasteiger partial charge in [0.15, 0.2) is 9.84 Å². The Balaban J connectivity index is 1.94. The Bertz CT molecular complexity index is 713. The first-order valence-corrected chi connectivity index (χ1v) is 10.0. The molecule has 1 aromatic carbocycles. The summed E-state index contributed by atoms with van der Waals surface area (Å²) < 4.78 is 23.0. The van der Waals surface area contributed by atoms with E-state index in [1.165, 1.54) is 11.8 Å². The molecule has 1 aliphatic heterocycles. The number of sulfone groups is 1. The maximum absolute atomic E-state index is 12.2. The van der Waals surface area contributed by atoms with Crippen molar-refractivity contribution in [3.63, 3.8) is 0 Å². The number of nitrogens with one attached hydrogen (secondary N) is 1. The predicted octanol–water partition coefficient (Wildman–Crippen LogP) is 1.36. The molecule has 8 heteroatoms. The highest BCUT2D eigenvalue weighted by molar-refractivity contribution is 7.99. The molecule has 1 saturated heterocycles. The molecule has 124 valence electrons. The Kier molecular flexibility index (Phi) is 6.04. The van der Waals surface area contributed by atoms with E-state index in [0.717, 1.165) is 4.90 Å². The molecular formula is C15H19N3O3S2. The quantitative estimate of drug-likeness (QED) is 0.777. The lowest BCUT2D eigenvalue weighted by Crippen LogP contribution is -2.38. The van der Waals surface area contributed by atoms with Crippen molar-refractivity contribution in [2.24, 2.45) is 0 Å². The molecule has 0 saturated carbocycles. The average Bonchev–Trinajstić information content (AvgIpc) is 2.86. The van der Waals surface area contributed by atoms with Crippen molar-refractivity contribution >= 4 is 33.2 Å². The lowest BCUT2D eigenvalue weighted by atomic mass is 10.2. The van der Waals surface area contributed by atoms with Crippen molar-refractivity contribution in [2.45, 2.75) is 17.4 Å². The number of carbonyl (C=O) groups excluding carboxylic acids is 1. The lowest BCUT2D eigenvalue weighted by molar-refractivity contribution is -0.117. The van der Waals surface area contributed by atoms with Crippen LogP contribution >= 0.6 is 11.8 Å². The third kappa shape index (κ3) is 5.23. The van der Waals surface area contributed by atoms with E-state index < -0.39 is 9.84 Å². The number of hydrogen-bond acceptors (Lipinski definition) is 6. The summed E-state index contributed by atoms with van der Waals surface area (Å²) in [4.78, 5) is 14.8. The van der Waals surface area contributed by atoms with E-state index in [1.54, 1.807) is 18.0 Å². The van der Waals surface area contributed by atoms with Crippen molar-refractivity contribution in [3.05, 3.63) is 24.3 Å². The first kappa shape index (κ1) is 17.8. The topological polar surface area (TPSA) is 90.3 Å². The molecule has 6 nitrogen and oxygen atoms in total. The SMILES string of the molecule is CN(CC(=O)Nc1ccccc1SCC#N)[C@@H]1CCS(=O)(=O)C1. The van der Waals surface area contributed by atoms with Crippen LogP contribution in [0.5, 0.6) is 0 Å². The Morgan fingerprint density at radius 3 is 2.87 bits per heavy atom. The van der Waals surface area contributed by atoms with Crippen LogP contribution in [-0.2, 0) is 14.6 Å². The molecule has 0 radical (unpaired) electrons. The second-order valence-electron chi connectivity index (χ2n) is 5.46. The molecule has 0 bridgehead atoms. The number of likely N-dealkylation sites (N-methyl/N-ethyl adjacent to an activating group) is 1. The minimum Gasteiger partial charge on any atom is -0.324 e. The molecule has 1 N–H and O–H groups in total. The largest absolute Gasteiger partial charge is 0.324 e. The highest BCUT2D eigenvalue weighted by Gasteiger charge is 2.31. The minimum absolute atomic E-state index is 0.103. The molecule has 0 unspecified atom stereocenters. The lowest BCUT2D eigenvalue weighted by Gasteiger charge is -2.22. The summed E-state index contributed by atoms with van der Waals surface area (Å²) in [7, 11) is -1.19. The fourth-order valence-electron chi connectivity index (χ4n) is 2.47. The monoisotopic (exact) mass is 353 g/mol. The summed E-state index contributed by atoms with van der Waals surface area (Å²) in [6, 6.07) is 9.27. The molecule has 0 aromatic heterocycles. The van der Waals surface area contributed by atoms with Crippen LogP contribution in [0.2, 0.25) is 0 Å². The molecular weight excluding hydrogens is 334 g/mol. The highest BCUT2D eigenvalue weighted by atomic mass is 32.2. The van der Waals surface area contributed by atoms with Gasteiger partial charge >= 0.3 is 0 Å². The van der Waals surface area contributed by atoms with Gasteiger partial charge in [-0.05, 0) is 25.6 Å². The minimum atomic E-state index is -2.96. The van der Waals surface area contributed by atoms with Gasteiger partial charge in [-0.25, -0.2) is 8.42 Å². The normalized spacial score (nSPS) is 19.4. The number of anilines is 1. The van der Waals surface area contributed by atoms with Crippen LogP contribution in [0.3, 0.4) is 0 Å². The van der Waals surface area contributed by atoms with Crippen LogP contribution in [0.4, 0.5) is 5.69 Å². The third-order valence-corrected chi connectivity index (χ3v) is 6.37. The van der Waals surface area contributed by atoms with Gasteiger partial charge in [-0.15, -0.1) is 11.8 Å². The van der Waals surface area contributed by atoms with Gasteiger partial charge < -0.3 is 5.32 Å². The Labute approximate surface area is 140 Å². The van der Waals surface area contributed by atoms with E-state index in [-0.39, 0.29) is 30.0 Å². The molecule has 1 amide bonds. The molecule has 1 aliphatic rings. The summed E-state index contributed by atoms with van der Waals surface area (Å²) >= 11 is 1.36. The van der Waals surface area contributed by atoms with Crippen LogP contribution in [-0.4, -0.2) is 56.1 Å². The zero-order valence-electron chi connectivity index (χ0n) is 12.9. The van der Waals surface area contributed by atoms with Crippen LogP contribution < -0.4 is 5.32 Å². The number of benzene rings is 1. The molecule has 1 aromatic rings. The van der Waals surface area contributed by atoms with Gasteiger partial charge in [0.2, 0.25) is 5.91 Å². The third-order valence-electron chi connectivity index (χ3n) is 3.68. The van der Waals surface area contributed by atoms with Gasteiger partial charge in [0, 0.05) is 10.9 Å². The van der Waals surface area contributed by atoms with Crippen LogP contribution in [0.25, 0.3) is 0 Å². The molecule has 0 spiro atoms. The number of carbonyl (C=O) groups is 1. The molecule has 2 rings (SSSR count). The summed E-state index contributed by atoms with van der Waals surface area (Å²) in [5.41, 5.74) is 0.671. The Morgan fingerprint density at radius 2 is 2.22 bits per heavy atom. The number of thioether (sulfide) groups is 1. The number of amides is 1. The van der Waals surface area contributed by atoms with Crippen LogP contribution in [0.15, 0.2) is 29.2 Å². The number of nitrogens with zero attached hydrogens (tertiary/aromatic N) is 2. The zero-order chi connectivity index (χ0) is 16.9. The van der Waals surface area contributed by atoms with E-state index in [9.17, 15) is 13.2 Å². The second kappa shape index (κ2) is 7.81. The van der Waals surface area contributed by atoms with Crippen molar-refractivity contribution in [1.29, 1.82) is 5.26 Å². The van der Waals surface area contributed by atoms with Gasteiger partial charge in [0.05, 0.1) is 35.6 Å². The van der Waals surface area contributed by atoms with Gasteiger partial charge in [-0.2, -0.15) is 5.26 Å². The summed E-state index contributed by atoms with van der Waals surface area (Å²) in [6.45, 7) is 0.136. The first-order chi connectivity index (χ1) is 10.9. The molecule has 1 heterocycles. The van der Waals surface area contributed by atoms with Crippen LogP contribution in [0, 0.1) is 11.3 Å². The average molecular weight is 353 g/mol. The number of nitriles is 1. The maximum Gasteiger partial charge on any atom is 0.238 e. The van der Waals surface area contributed by atoms with Crippen LogP contribution in [0.1, 0.15) is 6.42 Å². The van der Waals surface area contributed by atoms with Crippen molar-refractivity contribution in [2.75, 3.05) is 36.2 Å². The second-order valence-corrected chi connectivity index (χ2v) is 8.71. The fourth-order valence-corrected chi connectivity index (χ4v) is 4.95. The fraction of sp³-hybridized carbons (Fsp3) is 0.467. The zero-order valence-corrected chi connectivity index (χ0v) is 14.5. The molecule has 23 heavy (non-hydrogen) atoms. The van der Waals surface area contributed by atoms with Gasteiger partial charge in [-0.3, -0.25) is 9.69 Å². The molecule has 0 aliphatic carbocycles. The molecule has 1 fully saturated rings. The van der Waals surface area contributed by atoms with E-state index in [2.05, 4.69) is 11.4 Å². The van der Waals surface area contributed by atoms with Crippen molar-refractivity contribution < 1.29 is 13.2 Å². The van der Waals surface area contributed by atoms with E-state index in [1.807, 2.05) is 18.2 Å². The van der Waals surface area contributed by atoms with E-state index in [0.29, 0.717) is 17.9 Å². The van der Waals surface area contributed by atoms with E-state index >= 15 is 0 Å². The smallest absolute Gasteiger partial charge is 0.238 e. The van der Waals surface area contributed by atoms with Crippen molar-refractivity contribution in [1.82, 2.24) is 4.90 Å². The van der Waals surface area contributed by atoms with E-state index in [4.69, 9.17) is 5.26 Å². The number of rotatable bonds is 6. The summed E-state index contributed by atoms with van der Waals surface area (Å²) in [6.07, 6.45) is 0.570. The standard InChI is InChI=1S/C15H19N3O3S2/c1-18(12-6-9-23(20,21)11-12)10-15(19)17-13-4-2-3-5-14(13)22-8-7-16/h2-5,12H,6,8-11H2,1H3,(H,17,19)/t12-/m1/s1. The van der Waals surface area contributed by atoms with Gasteiger partial charge in [-0.1, -0.05) is 12.1 Å². The predicted molar refractivity (Wildman–Crippen MR) is 91.1 cm³/mol. The highest BCUT2D eigenvalue weighted by Crippen LogP contribution is 2.26. The first-order valence-electron chi connectivity index (χ1n) is 7.20.